The van der Waals surface area contributed by atoms with Crippen LogP contribution >= 0.6 is 0 Å². The summed E-state index contributed by atoms with van der Waals surface area (Å²) in [5.41, 5.74) is 0. The lowest BCUT2D eigenvalue weighted by molar-refractivity contribution is -0.121. The molecule has 0 N–H and O–H groups in total. The highest BCUT2D eigenvalue weighted by Gasteiger charge is 2.10. The minimum Gasteiger partial charge on any atom is -0.382 e. The third-order valence-corrected chi connectivity index (χ3v) is 2.34. The van der Waals surface area contributed by atoms with Crippen LogP contribution in [0.15, 0.2) is 0 Å². The van der Waals surface area contributed by atoms with Crippen molar-refractivity contribution in [3.8, 4) is 0 Å². The van der Waals surface area contributed by atoms with Gasteiger partial charge in [0, 0.05) is 19.6 Å². The molecule has 0 spiro atoms. The fraction of sp³-hybridized carbons (Fsp3) is 0.909. The highest BCUT2D eigenvalue weighted by Crippen LogP contribution is 2.11. The van der Waals surface area contributed by atoms with E-state index in [0.29, 0.717) is 19.0 Å². The van der Waals surface area contributed by atoms with E-state index in [9.17, 15) is 4.79 Å². The number of methoxy groups -OCH3 is 1. The molecule has 0 aromatic heterocycles. The Kier molecular flexibility index (Phi) is 8.89. The lowest BCUT2D eigenvalue weighted by atomic mass is 9.97. The molecule has 0 saturated heterocycles. The van der Waals surface area contributed by atoms with Crippen molar-refractivity contribution < 1.29 is 14.3 Å². The monoisotopic (exact) mass is 202 g/mol. The van der Waals surface area contributed by atoms with Crippen molar-refractivity contribution in [2.75, 3.05) is 26.9 Å². The van der Waals surface area contributed by atoms with E-state index in [4.69, 9.17) is 9.47 Å². The Morgan fingerprint density at radius 2 is 2.00 bits per heavy atom. The van der Waals surface area contributed by atoms with Crippen LogP contribution in [0.1, 0.15) is 33.1 Å². The molecule has 14 heavy (non-hydrogen) atoms. The average Bonchev–Trinajstić information content (AvgIpc) is 2.16. The van der Waals surface area contributed by atoms with Crippen LogP contribution in [-0.2, 0) is 14.3 Å². The SMILES string of the molecule is CCC(CCCOCCOC)C(C)=O. The van der Waals surface area contributed by atoms with Crippen molar-refractivity contribution in [3.63, 3.8) is 0 Å². The Morgan fingerprint density at radius 1 is 1.29 bits per heavy atom. The van der Waals surface area contributed by atoms with E-state index in [0.717, 1.165) is 25.9 Å². The van der Waals surface area contributed by atoms with E-state index in [-0.39, 0.29) is 5.92 Å². The van der Waals surface area contributed by atoms with Crippen molar-refractivity contribution in [1.29, 1.82) is 0 Å². The summed E-state index contributed by atoms with van der Waals surface area (Å²) >= 11 is 0. The predicted molar refractivity (Wildman–Crippen MR) is 56.4 cm³/mol. The van der Waals surface area contributed by atoms with Crippen LogP contribution in [0.25, 0.3) is 0 Å². The fourth-order valence-electron chi connectivity index (χ4n) is 1.37. The maximum atomic E-state index is 11.1. The van der Waals surface area contributed by atoms with Crippen LogP contribution in [0.4, 0.5) is 0 Å². The summed E-state index contributed by atoms with van der Waals surface area (Å²) in [4.78, 5) is 11.1. The topological polar surface area (TPSA) is 35.5 Å². The van der Waals surface area contributed by atoms with Gasteiger partial charge < -0.3 is 9.47 Å². The van der Waals surface area contributed by atoms with Gasteiger partial charge in [-0.05, 0) is 26.2 Å². The molecule has 0 aromatic carbocycles. The van der Waals surface area contributed by atoms with Gasteiger partial charge in [0.05, 0.1) is 13.2 Å². The molecule has 3 nitrogen and oxygen atoms in total. The zero-order valence-corrected chi connectivity index (χ0v) is 9.54. The molecule has 3 heteroatoms. The molecule has 0 radical (unpaired) electrons. The molecule has 0 heterocycles. The zero-order chi connectivity index (χ0) is 10.8. The maximum Gasteiger partial charge on any atom is 0.132 e. The summed E-state index contributed by atoms with van der Waals surface area (Å²) in [5, 5.41) is 0. The van der Waals surface area contributed by atoms with Crippen LogP contribution in [0, 0.1) is 5.92 Å². The Balaban J connectivity index is 3.29. The number of hydrogen-bond acceptors (Lipinski definition) is 3. The first-order chi connectivity index (χ1) is 6.72. The second kappa shape index (κ2) is 9.16. The molecule has 1 atom stereocenters. The van der Waals surface area contributed by atoms with E-state index in [2.05, 4.69) is 6.92 Å². The highest BCUT2D eigenvalue weighted by atomic mass is 16.5. The smallest absolute Gasteiger partial charge is 0.132 e. The lowest BCUT2D eigenvalue weighted by Gasteiger charge is -2.10. The quantitative estimate of drug-likeness (QED) is 0.537. The van der Waals surface area contributed by atoms with Gasteiger partial charge >= 0.3 is 0 Å². The van der Waals surface area contributed by atoms with E-state index in [1.54, 1.807) is 14.0 Å². The van der Waals surface area contributed by atoms with Crippen LogP contribution in [0.5, 0.6) is 0 Å². The van der Waals surface area contributed by atoms with Gasteiger partial charge in [-0.1, -0.05) is 6.92 Å². The van der Waals surface area contributed by atoms with Crippen molar-refractivity contribution in [2.24, 2.45) is 5.92 Å². The molecule has 0 aliphatic carbocycles. The molecule has 0 fully saturated rings. The molecule has 0 bridgehead atoms. The van der Waals surface area contributed by atoms with Gasteiger partial charge in [-0.15, -0.1) is 0 Å². The summed E-state index contributed by atoms with van der Waals surface area (Å²) in [5.74, 6) is 0.519. The Labute approximate surface area is 86.8 Å². The van der Waals surface area contributed by atoms with Crippen molar-refractivity contribution in [2.45, 2.75) is 33.1 Å². The van der Waals surface area contributed by atoms with E-state index < -0.39 is 0 Å². The van der Waals surface area contributed by atoms with Gasteiger partial charge in [-0.25, -0.2) is 0 Å². The van der Waals surface area contributed by atoms with Crippen LogP contribution < -0.4 is 0 Å². The van der Waals surface area contributed by atoms with Gasteiger partial charge in [0.25, 0.3) is 0 Å². The summed E-state index contributed by atoms with van der Waals surface area (Å²) in [6.45, 7) is 5.74. The molecular weight excluding hydrogens is 180 g/mol. The summed E-state index contributed by atoms with van der Waals surface area (Å²) in [6, 6.07) is 0. The molecular formula is C11H22O3. The van der Waals surface area contributed by atoms with Gasteiger partial charge in [0.15, 0.2) is 0 Å². The normalized spacial score (nSPS) is 12.8. The summed E-state index contributed by atoms with van der Waals surface area (Å²) < 4.78 is 10.2. The minimum atomic E-state index is 0.223. The molecule has 84 valence electrons. The van der Waals surface area contributed by atoms with Crippen molar-refractivity contribution in [1.82, 2.24) is 0 Å². The largest absolute Gasteiger partial charge is 0.382 e. The average molecular weight is 202 g/mol. The molecule has 0 saturated carbocycles. The third kappa shape index (κ3) is 7.04. The van der Waals surface area contributed by atoms with Crippen LogP contribution in [-0.4, -0.2) is 32.7 Å². The third-order valence-electron chi connectivity index (χ3n) is 2.34. The highest BCUT2D eigenvalue weighted by molar-refractivity contribution is 5.78. The van der Waals surface area contributed by atoms with Crippen molar-refractivity contribution in [3.05, 3.63) is 0 Å². The van der Waals surface area contributed by atoms with E-state index in [1.807, 2.05) is 0 Å². The van der Waals surface area contributed by atoms with Crippen molar-refractivity contribution >= 4 is 5.78 Å². The van der Waals surface area contributed by atoms with Gasteiger partial charge in [-0.3, -0.25) is 4.79 Å². The second-order valence-electron chi connectivity index (χ2n) is 3.46. The molecule has 0 aliphatic rings. The number of ketones is 1. The van der Waals surface area contributed by atoms with E-state index in [1.165, 1.54) is 0 Å². The number of Topliss-reactive ketones (excluding diaryl/α,β-unsaturated/α-hetero) is 1. The first kappa shape index (κ1) is 13.6. The van der Waals surface area contributed by atoms with E-state index >= 15 is 0 Å². The Morgan fingerprint density at radius 3 is 2.50 bits per heavy atom. The standard InChI is InChI=1S/C11H22O3/c1-4-11(10(2)12)6-5-7-14-9-8-13-3/h11H,4-9H2,1-3H3. The summed E-state index contributed by atoms with van der Waals surface area (Å²) in [7, 11) is 1.66. The lowest BCUT2D eigenvalue weighted by Crippen LogP contribution is -2.11. The van der Waals surface area contributed by atoms with Gasteiger partial charge in [0.1, 0.15) is 5.78 Å². The molecule has 0 aliphatic heterocycles. The molecule has 0 rings (SSSR count). The maximum absolute atomic E-state index is 11.1. The summed E-state index contributed by atoms with van der Waals surface area (Å²) in [6.07, 6.45) is 2.84. The van der Waals surface area contributed by atoms with Gasteiger partial charge in [-0.2, -0.15) is 0 Å². The number of hydrogen-bond donors (Lipinski definition) is 0. The number of rotatable bonds is 9. The van der Waals surface area contributed by atoms with Crippen LogP contribution in [0.2, 0.25) is 0 Å². The molecule has 0 amide bonds. The number of carbonyl (C=O) groups excluding carboxylic acids is 1. The predicted octanol–water partition coefficient (Wildman–Crippen LogP) is 2.04. The zero-order valence-electron chi connectivity index (χ0n) is 9.54. The van der Waals surface area contributed by atoms with Crippen LogP contribution in [0.3, 0.4) is 0 Å². The number of carbonyl (C=O) groups is 1. The van der Waals surface area contributed by atoms with Gasteiger partial charge in [0.2, 0.25) is 0 Å². The first-order valence-electron chi connectivity index (χ1n) is 5.29. The Bertz CT molecular complexity index is 145. The fourth-order valence-corrected chi connectivity index (χ4v) is 1.37. The second-order valence-corrected chi connectivity index (χ2v) is 3.46. The Hall–Kier alpha value is -0.410. The molecule has 0 aromatic rings. The number of ether oxygens (including phenoxy) is 2. The molecule has 1 unspecified atom stereocenters. The first-order valence-corrected chi connectivity index (χ1v) is 5.29. The minimum absolute atomic E-state index is 0.223.